The van der Waals surface area contributed by atoms with Crippen LogP contribution in [-0.4, -0.2) is 47.2 Å². The molecule has 4 rings (SSSR count). The van der Waals surface area contributed by atoms with Crippen LogP contribution >= 0.6 is 0 Å². The Morgan fingerprint density at radius 1 is 1.28 bits per heavy atom. The van der Waals surface area contributed by atoms with Crippen molar-refractivity contribution in [1.29, 1.82) is 0 Å². The Labute approximate surface area is 144 Å². The third-order valence-corrected chi connectivity index (χ3v) is 4.49. The van der Waals surface area contributed by atoms with Gasteiger partial charge in [-0.3, -0.25) is 4.99 Å². The topological polar surface area (TPSA) is 75.9 Å². The third-order valence-electron chi connectivity index (χ3n) is 4.49. The van der Waals surface area contributed by atoms with Gasteiger partial charge in [-0.25, -0.2) is 19.9 Å². The molecule has 2 aliphatic rings. The van der Waals surface area contributed by atoms with Crippen molar-refractivity contribution in [3.63, 3.8) is 0 Å². The van der Waals surface area contributed by atoms with Crippen molar-refractivity contribution in [3.05, 3.63) is 41.4 Å². The van der Waals surface area contributed by atoms with Gasteiger partial charge in [-0.1, -0.05) is 0 Å². The second kappa shape index (κ2) is 6.19. The summed E-state index contributed by atoms with van der Waals surface area (Å²) in [5.74, 6) is 1.07. The van der Waals surface area contributed by atoms with E-state index in [1.54, 1.807) is 6.07 Å². The van der Waals surface area contributed by atoms with Gasteiger partial charge >= 0.3 is 0 Å². The van der Waals surface area contributed by atoms with Crippen molar-refractivity contribution in [1.82, 2.24) is 15.0 Å². The summed E-state index contributed by atoms with van der Waals surface area (Å²) in [6, 6.07) is 2.99. The van der Waals surface area contributed by atoms with Gasteiger partial charge in [0, 0.05) is 36.9 Å². The zero-order valence-electron chi connectivity index (χ0n) is 14.0. The van der Waals surface area contributed by atoms with Crippen molar-refractivity contribution >= 4 is 17.9 Å². The molecule has 4 heterocycles. The predicted molar refractivity (Wildman–Crippen MR) is 92.1 cm³/mol. The van der Waals surface area contributed by atoms with Gasteiger partial charge in [0.2, 0.25) is 5.95 Å². The number of rotatable bonds is 3. The Morgan fingerprint density at radius 3 is 2.92 bits per heavy atom. The molecule has 128 valence electrons. The van der Waals surface area contributed by atoms with E-state index in [1.807, 2.05) is 18.0 Å². The monoisotopic (exact) mass is 340 g/mol. The van der Waals surface area contributed by atoms with E-state index in [2.05, 4.69) is 24.9 Å². The molecule has 0 N–H and O–H groups in total. The fourth-order valence-corrected chi connectivity index (χ4v) is 3.15. The molecule has 0 spiro atoms. The normalized spacial score (nSPS) is 18.9. The Hall–Kier alpha value is -2.90. The number of halogens is 1. The highest BCUT2D eigenvalue weighted by Crippen LogP contribution is 2.33. The largest absolute Gasteiger partial charge is 0.496 e. The summed E-state index contributed by atoms with van der Waals surface area (Å²) in [5, 5.41) is 0. The van der Waals surface area contributed by atoms with Gasteiger partial charge in [-0.2, -0.15) is 4.39 Å². The van der Waals surface area contributed by atoms with Gasteiger partial charge in [-0.15, -0.1) is 0 Å². The molecule has 7 nitrogen and oxygen atoms in total. The lowest BCUT2D eigenvalue weighted by Crippen LogP contribution is -2.35. The standard InChI is InChI=1S/C17H17FN6O/c1-10-12-7-20-17(14-8-19-9-21-14)22-13(12)3-4-24(10)16-6-11(25-2)5-15(18)23-16/h5-7,9-10H,3-4,8H2,1-2H3. The summed E-state index contributed by atoms with van der Waals surface area (Å²) >= 11 is 0. The number of aliphatic imine (C=N–C) groups is 2. The summed E-state index contributed by atoms with van der Waals surface area (Å²) in [4.78, 5) is 23.4. The second-order valence-electron chi connectivity index (χ2n) is 5.93. The van der Waals surface area contributed by atoms with Crippen molar-refractivity contribution in [2.75, 3.05) is 25.1 Å². The van der Waals surface area contributed by atoms with Crippen LogP contribution < -0.4 is 9.64 Å². The maximum absolute atomic E-state index is 13.8. The number of ether oxygens (including phenoxy) is 1. The van der Waals surface area contributed by atoms with Gasteiger partial charge in [0.15, 0.2) is 5.82 Å². The highest BCUT2D eigenvalue weighted by Gasteiger charge is 2.28. The fourth-order valence-electron chi connectivity index (χ4n) is 3.15. The Kier molecular flexibility index (Phi) is 3.87. The van der Waals surface area contributed by atoms with E-state index in [0.29, 0.717) is 30.5 Å². The zero-order chi connectivity index (χ0) is 17.4. The maximum Gasteiger partial charge on any atom is 0.218 e. The Balaban J connectivity index is 1.65. The predicted octanol–water partition coefficient (Wildman–Crippen LogP) is 1.97. The third kappa shape index (κ3) is 2.84. The van der Waals surface area contributed by atoms with Crippen LogP contribution in [0.2, 0.25) is 0 Å². The van der Waals surface area contributed by atoms with Crippen LogP contribution in [0.15, 0.2) is 28.3 Å². The van der Waals surface area contributed by atoms with Crippen LogP contribution in [0.3, 0.4) is 0 Å². The maximum atomic E-state index is 13.8. The average molecular weight is 340 g/mol. The minimum absolute atomic E-state index is 0.0152. The zero-order valence-corrected chi connectivity index (χ0v) is 14.0. The molecule has 1 atom stereocenters. The van der Waals surface area contributed by atoms with Gasteiger partial charge in [0.05, 0.1) is 25.4 Å². The number of anilines is 1. The summed E-state index contributed by atoms with van der Waals surface area (Å²) in [7, 11) is 1.51. The van der Waals surface area contributed by atoms with Crippen molar-refractivity contribution < 1.29 is 9.13 Å². The molecule has 0 bridgehead atoms. The Morgan fingerprint density at radius 2 is 2.16 bits per heavy atom. The summed E-state index contributed by atoms with van der Waals surface area (Å²) in [6.07, 6.45) is 4.08. The van der Waals surface area contributed by atoms with Crippen LogP contribution in [0.4, 0.5) is 10.2 Å². The first-order valence-electron chi connectivity index (χ1n) is 8.05. The van der Waals surface area contributed by atoms with Crippen molar-refractivity contribution in [3.8, 4) is 5.75 Å². The minimum Gasteiger partial charge on any atom is -0.496 e. The second-order valence-corrected chi connectivity index (χ2v) is 5.93. The molecule has 0 fully saturated rings. The first kappa shape index (κ1) is 15.6. The van der Waals surface area contributed by atoms with Gasteiger partial charge in [0.1, 0.15) is 23.6 Å². The highest BCUT2D eigenvalue weighted by molar-refractivity contribution is 6.05. The summed E-state index contributed by atoms with van der Waals surface area (Å²) < 4.78 is 18.9. The molecule has 2 aromatic rings. The minimum atomic E-state index is -0.557. The highest BCUT2D eigenvalue weighted by atomic mass is 19.1. The summed E-state index contributed by atoms with van der Waals surface area (Å²) in [6.45, 7) is 3.25. The molecule has 0 radical (unpaired) electrons. The van der Waals surface area contributed by atoms with E-state index in [4.69, 9.17) is 4.74 Å². The molecule has 1 unspecified atom stereocenters. The number of nitrogens with zero attached hydrogens (tertiary/aromatic N) is 6. The lowest BCUT2D eigenvalue weighted by molar-refractivity contribution is 0.408. The molecule has 25 heavy (non-hydrogen) atoms. The van der Waals surface area contributed by atoms with Gasteiger partial charge in [0.25, 0.3) is 0 Å². The number of aromatic nitrogens is 3. The van der Waals surface area contributed by atoms with Crippen LogP contribution in [0.25, 0.3) is 0 Å². The van der Waals surface area contributed by atoms with Crippen LogP contribution in [0, 0.1) is 5.95 Å². The number of fused-ring (bicyclic) bond motifs is 1. The molecule has 0 saturated carbocycles. The van der Waals surface area contributed by atoms with Crippen LogP contribution in [0.5, 0.6) is 5.75 Å². The van der Waals surface area contributed by atoms with Gasteiger partial charge < -0.3 is 9.64 Å². The van der Waals surface area contributed by atoms with Crippen LogP contribution in [0.1, 0.15) is 30.0 Å². The number of hydrogen-bond acceptors (Lipinski definition) is 7. The molecule has 0 saturated heterocycles. The van der Waals surface area contributed by atoms with Crippen molar-refractivity contribution in [2.24, 2.45) is 9.98 Å². The smallest absolute Gasteiger partial charge is 0.218 e. The van der Waals surface area contributed by atoms with Crippen LogP contribution in [-0.2, 0) is 6.42 Å². The van der Waals surface area contributed by atoms with Crippen molar-refractivity contribution in [2.45, 2.75) is 19.4 Å². The molecule has 8 heteroatoms. The number of hydrogen-bond donors (Lipinski definition) is 0. The quantitative estimate of drug-likeness (QED) is 0.799. The fraction of sp³-hybridized carbons (Fsp3) is 0.353. The Bertz CT molecular complexity index is 881. The molecular weight excluding hydrogens is 323 g/mol. The average Bonchev–Trinajstić information content (AvgIpc) is 3.16. The summed E-state index contributed by atoms with van der Waals surface area (Å²) in [5.41, 5.74) is 2.79. The lowest BCUT2D eigenvalue weighted by atomic mass is 9.99. The molecule has 2 aromatic heterocycles. The molecule has 0 aromatic carbocycles. The molecule has 0 aliphatic carbocycles. The first-order chi connectivity index (χ1) is 12.2. The molecular formula is C17H17FN6O. The molecule has 0 amide bonds. The lowest BCUT2D eigenvalue weighted by Gasteiger charge is -2.35. The SMILES string of the molecule is COc1cc(F)nc(N2CCc3nc(C4=NC=NC4)ncc3C2C)c1. The van der Waals surface area contributed by atoms with E-state index in [-0.39, 0.29) is 6.04 Å². The van der Waals surface area contributed by atoms with Gasteiger partial charge in [-0.05, 0) is 6.92 Å². The van der Waals surface area contributed by atoms with E-state index in [9.17, 15) is 4.39 Å². The van der Waals surface area contributed by atoms with E-state index in [0.717, 1.165) is 23.4 Å². The van der Waals surface area contributed by atoms with E-state index < -0.39 is 5.95 Å². The molecule has 2 aliphatic heterocycles. The number of methoxy groups -OCH3 is 1. The first-order valence-corrected chi connectivity index (χ1v) is 8.05. The van der Waals surface area contributed by atoms with E-state index in [1.165, 1.54) is 19.5 Å². The van der Waals surface area contributed by atoms with E-state index >= 15 is 0 Å². The number of pyridine rings is 1.